The third kappa shape index (κ3) is 4.48. The molecule has 1 aliphatic carbocycles. The smallest absolute Gasteiger partial charge is 0.332 e. The second-order valence-electron chi connectivity index (χ2n) is 8.32. The summed E-state index contributed by atoms with van der Waals surface area (Å²) in [6.45, 7) is 2.46. The Labute approximate surface area is 190 Å². The number of thioether (sulfide) groups is 1. The molecule has 0 bridgehead atoms. The monoisotopic (exact) mass is 453 g/mol. The number of aryl methyl sites for hydroxylation is 2. The van der Waals surface area contributed by atoms with Crippen LogP contribution in [0.15, 0.2) is 38.9 Å². The molecule has 4 rings (SSSR count). The lowest BCUT2D eigenvalue weighted by Crippen LogP contribution is -2.38. The number of amides is 1. The van der Waals surface area contributed by atoms with Gasteiger partial charge in [-0.25, -0.2) is 14.8 Å². The molecule has 1 aromatic carbocycles. The van der Waals surface area contributed by atoms with Gasteiger partial charge >= 0.3 is 5.69 Å². The van der Waals surface area contributed by atoms with Gasteiger partial charge in [-0.15, -0.1) is 0 Å². The van der Waals surface area contributed by atoms with Gasteiger partial charge in [0.1, 0.15) is 16.2 Å². The van der Waals surface area contributed by atoms with Crippen molar-refractivity contribution in [2.75, 3.05) is 5.75 Å². The predicted octanol–water partition coefficient (Wildman–Crippen LogP) is 2.40. The Bertz CT molecular complexity index is 1270. The van der Waals surface area contributed by atoms with Crippen LogP contribution < -0.4 is 16.6 Å². The van der Waals surface area contributed by atoms with Crippen LogP contribution in [0.5, 0.6) is 0 Å². The second kappa shape index (κ2) is 9.28. The molecule has 0 aliphatic heterocycles. The summed E-state index contributed by atoms with van der Waals surface area (Å²) in [5.41, 5.74) is 1.65. The number of aromatic nitrogens is 4. The minimum atomic E-state index is -0.441. The summed E-state index contributed by atoms with van der Waals surface area (Å²) in [5, 5.41) is 3.65. The average molecular weight is 454 g/mol. The van der Waals surface area contributed by atoms with Gasteiger partial charge in [-0.3, -0.25) is 18.7 Å². The number of hydrogen-bond donors (Lipinski definition) is 1. The SMILES string of the molecule is Cc1ccc(CNC(=O)CSc2nc(C3CCCC3)nc3c2c(=O)n(C)c(=O)n3C)cc1. The first-order valence-corrected chi connectivity index (χ1v) is 11.8. The van der Waals surface area contributed by atoms with Crippen LogP contribution in [0.4, 0.5) is 0 Å². The fraction of sp³-hybridized carbons (Fsp3) is 0.435. The Morgan fingerprint density at radius 3 is 2.47 bits per heavy atom. The minimum absolute atomic E-state index is 0.119. The van der Waals surface area contributed by atoms with Crippen LogP contribution in [0.3, 0.4) is 0 Å². The Kier molecular flexibility index (Phi) is 6.45. The van der Waals surface area contributed by atoms with Crippen molar-refractivity contribution in [2.24, 2.45) is 14.1 Å². The zero-order chi connectivity index (χ0) is 22.8. The number of carbonyl (C=O) groups is 1. The summed E-state index contributed by atoms with van der Waals surface area (Å²) in [7, 11) is 3.05. The van der Waals surface area contributed by atoms with E-state index in [1.807, 2.05) is 31.2 Å². The summed E-state index contributed by atoms with van der Waals surface area (Å²) >= 11 is 1.21. The van der Waals surface area contributed by atoms with E-state index in [4.69, 9.17) is 4.98 Å². The Morgan fingerprint density at radius 2 is 1.78 bits per heavy atom. The lowest BCUT2D eigenvalue weighted by Gasteiger charge is -2.14. The van der Waals surface area contributed by atoms with E-state index in [1.54, 1.807) is 7.05 Å². The summed E-state index contributed by atoms with van der Waals surface area (Å²) in [4.78, 5) is 47.1. The van der Waals surface area contributed by atoms with E-state index in [2.05, 4.69) is 10.3 Å². The molecule has 0 unspecified atom stereocenters. The number of hydrogen-bond acceptors (Lipinski definition) is 6. The molecule has 9 heteroatoms. The Balaban J connectivity index is 1.61. The molecule has 2 heterocycles. The third-order valence-corrected chi connectivity index (χ3v) is 6.93. The molecule has 1 saturated carbocycles. The van der Waals surface area contributed by atoms with Crippen molar-refractivity contribution in [1.82, 2.24) is 24.4 Å². The molecule has 1 fully saturated rings. The third-order valence-electron chi connectivity index (χ3n) is 5.95. The summed E-state index contributed by atoms with van der Waals surface area (Å²) in [6.07, 6.45) is 4.22. The normalized spacial score (nSPS) is 14.2. The number of nitrogens with zero attached hydrogens (tertiary/aromatic N) is 4. The van der Waals surface area contributed by atoms with E-state index >= 15 is 0 Å². The van der Waals surface area contributed by atoms with Crippen LogP contribution in [0.2, 0.25) is 0 Å². The summed E-state index contributed by atoms with van der Waals surface area (Å²) in [6, 6.07) is 7.99. The van der Waals surface area contributed by atoms with Gasteiger partial charge in [0.25, 0.3) is 5.56 Å². The molecular formula is C23H27N5O3S. The van der Waals surface area contributed by atoms with Crippen LogP contribution in [0, 0.1) is 6.92 Å². The number of fused-ring (bicyclic) bond motifs is 1. The minimum Gasteiger partial charge on any atom is -0.351 e. The quantitative estimate of drug-likeness (QED) is 0.455. The highest BCUT2D eigenvalue weighted by Crippen LogP contribution is 2.34. The second-order valence-corrected chi connectivity index (χ2v) is 9.29. The summed E-state index contributed by atoms with van der Waals surface area (Å²) < 4.78 is 2.45. The number of rotatable bonds is 6. The number of nitrogens with one attached hydrogen (secondary N) is 1. The highest BCUT2D eigenvalue weighted by atomic mass is 32.2. The van der Waals surface area contributed by atoms with E-state index in [1.165, 1.54) is 28.9 Å². The molecule has 168 valence electrons. The summed E-state index contributed by atoms with van der Waals surface area (Å²) in [5.74, 6) is 0.842. The van der Waals surface area contributed by atoms with Gasteiger partial charge in [0.15, 0.2) is 5.65 Å². The maximum atomic E-state index is 12.9. The van der Waals surface area contributed by atoms with Crippen LogP contribution >= 0.6 is 11.8 Å². The molecule has 2 aromatic heterocycles. The van der Waals surface area contributed by atoms with E-state index < -0.39 is 11.2 Å². The van der Waals surface area contributed by atoms with E-state index in [9.17, 15) is 14.4 Å². The molecule has 8 nitrogen and oxygen atoms in total. The van der Waals surface area contributed by atoms with Crippen LogP contribution in [0.25, 0.3) is 11.0 Å². The highest BCUT2D eigenvalue weighted by molar-refractivity contribution is 8.00. The van der Waals surface area contributed by atoms with E-state index in [0.717, 1.165) is 35.8 Å². The van der Waals surface area contributed by atoms with Gasteiger partial charge in [-0.2, -0.15) is 0 Å². The van der Waals surface area contributed by atoms with Crippen LogP contribution in [-0.2, 0) is 25.4 Å². The van der Waals surface area contributed by atoms with Gasteiger partial charge in [0, 0.05) is 26.6 Å². The van der Waals surface area contributed by atoms with Crippen molar-refractivity contribution in [3.8, 4) is 0 Å². The largest absolute Gasteiger partial charge is 0.351 e. The van der Waals surface area contributed by atoms with Crippen molar-refractivity contribution in [1.29, 1.82) is 0 Å². The molecule has 32 heavy (non-hydrogen) atoms. The lowest BCUT2D eigenvalue weighted by molar-refractivity contribution is -0.118. The zero-order valence-corrected chi connectivity index (χ0v) is 19.4. The first-order chi connectivity index (χ1) is 15.3. The fourth-order valence-electron chi connectivity index (χ4n) is 4.01. The van der Waals surface area contributed by atoms with E-state index in [0.29, 0.717) is 23.0 Å². The molecule has 0 radical (unpaired) electrons. The molecule has 0 saturated heterocycles. The molecule has 1 amide bonds. The molecule has 0 spiro atoms. The molecular weight excluding hydrogens is 426 g/mol. The van der Waals surface area contributed by atoms with Gasteiger partial charge in [-0.05, 0) is 25.3 Å². The number of carbonyl (C=O) groups excluding carboxylic acids is 1. The molecule has 1 N–H and O–H groups in total. The van der Waals surface area contributed by atoms with E-state index in [-0.39, 0.29) is 23.0 Å². The fourth-order valence-corrected chi connectivity index (χ4v) is 4.86. The van der Waals surface area contributed by atoms with Crippen molar-refractivity contribution in [2.45, 2.75) is 50.1 Å². The predicted molar refractivity (Wildman–Crippen MR) is 125 cm³/mol. The lowest BCUT2D eigenvalue weighted by atomic mass is 10.1. The molecule has 0 atom stereocenters. The molecule has 3 aromatic rings. The van der Waals surface area contributed by atoms with Crippen molar-refractivity contribution in [3.63, 3.8) is 0 Å². The van der Waals surface area contributed by atoms with Gasteiger partial charge in [-0.1, -0.05) is 54.4 Å². The van der Waals surface area contributed by atoms with Crippen LogP contribution in [0.1, 0.15) is 48.6 Å². The van der Waals surface area contributed by atoms with Gasteiger partial charge in [0.2, 0.25) is 5.91 Å². The maximum absolute atomic E-state index is 12.9. The number of benzene rings is 1. The molecule has 1 aliphatic rings. The first kappa shape index (κ1) is 22.3. The van der Waals surface area contributed by atoms with Crippen molar-refractivity contribution in [3.05, 3.63) is 62.1 Å². The van der Waals surface area contributed by atoms with Crippen LogP contribution in [-0.4, -0.2) is 30.8 Å². The van der Waals surface area contributed by atoms with Gasteiger partial charge < -0.3 is 5.32 Å². The Hall–Kier alpha value is -2.94. The Morgan fingerprint density at radius 1 is 1.09 bits per heavy atom. The maximum Gasteiger partial charge on any atom is 0.332 e. The van der Waals surface area contributed by atoms with Crippen molar-refractivity contribution < 1.29 is 4.79 Å². The topological polar surface area (TPSA) is 98.9 Å². The van der Waals surface area contributed by atoms with Gasteiger partial charge in [0.05, 0.1) is 5.75 Å². The van der Waals surface area contributed by atoms with Crippen molar-refractivity contribution >= 4 is 28.7 Å². The zero-order valence-electron chi connectivity index (χ0n) is 18.6. The standard InChI is InChI=1S/C23H27N5O3S/c1-14-8-10-15(11-9-14)12-24-17(29)13-32-21-18-20(27(2)23(31)28(3)22(18)30)25-19(26-21)16-6-4-5-7-16/h8-11,16H,4-7,12-13H2,1-3H3,(H,24,29). The average Bonchev–Trinajstić information content (AvgIpc) is 3.34. The highest BCUT2D eigenvalue weighted by Gasteiger charge is 2.24. The first-order valence-electron chi connectivity index (χ1n) is 10.8.